The summed E-state index contributed by atoms with van der Waals surface area (Å²) < 4.78 is 2.12. The fourth-order valence-electron chi connectivity index (χ4n) is 1.00. The van der Waals surface area contributed by atoms with E-state index in [-0.39, 0.29) is 0 Å². The van der Waals surface area contributed by atoms with Crippen LogP contribution in [0.25, 0.3) is 0 Å². The number of rotatable bonds is 2. The standard InChI is InChI=1S/C9H6Br3N3O/c10-7-8(11)13-14-15(9(7)12)16-6-4-2-1-3-5-6/h1-5,14H. The van der Waals surface area contributed by atoms with E-state index in [0.717, 1.165) is 4.48 Å². The third-order valence-electron chi connectivity index (χ3n) is 1.72. The van der Waals surface area contributed by atoms with Crippen LogP contribution < -0.4 is 10.4 Å². The number of nitrogens with one attached hydrogen (secondary N) is 1. The van der Waals surface area contributed by atoms with Gasteiger partial charge in [-0.2, -0.15) is 5.53 Å². The van der Waals surface area contributed by atoms with Crippen LogP contribution in [-0.2, 0) is 0 Å². The van der Waals surface area contributed by atoms with Gasteiger partial charge in [-0.05, 0) is 59.9 Å². The first-order valence-electron chi connectivity index (χ1n) is 4.26. The van der Waals surface area contributed by atoms with Crippen molar-refractivity contribution in [2.24, 2.45) is 5.10 Å². The highest BCUT2D eigenvalue weighted by Crippen LogP contribution is 2.28. The number of hydroxylamine groups is 1. The van der Waals surface area contributed by atoms with E-state index in [2.05, 4.69) is 58.4 Å². The van der Waals surface area contributed by atoms with Crippen LogP contribution in [0.2, 0.25) is 0 Å². The quantitative estimate of drug-likeness (QED) is 0.757. The van der Waals surface area contributed by atoms with Crippen LogP contribution in [0.4, 0.5) is 0 Å². The Balaban J connectivity index is 2.14. The molecule has 2 rings (SSSR count). The van der Waals surface area contributed by atoms with Gasteiger partial charge in [-0.25, -0.2) is 0 Å². The number of para-hydroxylation sites is 1. The minimum atomic E-state index is 0.660. The van der Waals surface area contributed by atoms with Crippen LogP contribution in [0.5, 0.6) is 5.75 Å². The summed E-state index contributed by atoms with van der Waals surface area (Å²) in [7, 11) is 0. The fourth-order valence-corrected chi connectivity index (χ4v) is 2.13. The van der Waals surface area contributed by atoms with Crippen molar-refractivity contribution in [3.63, 3.8) is 0 Å². The monoisotopic (exact) mass is 409 g/mol. The van der Waals surface area contributed by atoms with Gasteiger partial charge in [-0.3, -0.25) is 0 Å². The van der Waals surface area contributed by atoms with Gasteiger partial charge in [0.2, 0.25) is 0 Å². The number of hydrazine groups is 1. The second kappa shape index (κ2) is 5.20. The van der Waals surface area contributed by atoms with Gasteiger partial charge in [0.05, 0.1) is 4.48 Å². The van der Waals surface area contributed by atoms with E-state index in [1.165, 1.54) is 5.17 Å². The number of allylic oxidation sites excluding steroid dienone is 1. The molecule has 1 heterocycles. The van der Waals surface area contributed by atoms with Crippen molar-refractivity contribution in [1.29, 1.82) is 0 Å². The fraction of sp³-hybridized carbons (Fsp3) is 0. The highest BCUT2D eigenvalue weighted by atomic mass is 79.9. The highest BCUT2D eigenvalue weighted by Gasteiger charge is 2.20. The predicted molar refractivity (Wildman–Crippen MR) is 73.3 cm³/mol. The molecule has 0 bridgehead atoms. The second-order valence-corrected chi connectivity index (χ2v) is 5.10. The molecule has 1 N–H and O–H groups in total. The van der Waals surface area contributed by atoms with Gasteiger partial charge in [0.15, 0.2) is 10.4 Å². The van der Waals surface area contributed by atoms with Crippen LogP contribution >= 0.6 is 47.8 Å². The molecule has 7 heteroatoms. The van der Waals surface area contributed by atoms with E-state index < -0.39 is 0 Å². The Bertz CT molecular complexity index is 447. The van der Waals surface area contributed by atoms with Gasteiger partial charge < -0.3 is 4.84 Å². The largest absolute Gasteiger partial charge is 0.357 e. The molecule has 1 aliphatic heterocycles. The first kappa shape index (κ1) is 11.9. The minimum Gasteiger partial charge on any atom is -0.357 e. The van der Waals surface area contributed by atoms with Gasteiger partial charge in [-0.15, -0.1) is 5.10 Å². The average Bonchev–Trinajstić information content (AvgIpc) is 2.31. The number of hydrogen-bond acceptors (Lipinski definition) is 4. The molecule has 1 aromatic rings. The molecule has 0 spiro atoms. The van der Waals surface area contributed by atoms with Crippen LogP contribution in [0.3, 0.4) is 0 Å². The van der Waals surface area contributed by atoms with E-state index >= 15 is 0 Å². The van der Waals surface area contributed by atoms with E-state index in [9.17, 15) is 0 Å². The first-order chi connectivity index (χ1) is 7.68. The molecule has 4 nitrogen and oxygen atoms in total. The van der Waals surface area contributed by atoms with Crippen molar-refractivity contribution in [3.8, 4) is 5.75 Å². The molecule has 1 aromatic carbocycles. The number of benzene rings is 1. The molecule has 84 valence electrons. The Kier molecular flexibility index (Phi) is 3.88. The van der Waals surface area contributed by atoms with Crippen molar-refractivity contribution >= 4 is 52.4 Å². The molecule has 0 radical (unpaired) electrons. The molecular weight excluding hydrogens is 406 g/mol. The zero-order chi connectivity index (χ0) is 11.5. The summed E-state index contributed by atoms with van der Waals surface area (Å²) >= 11 is 10.0. The number of hydrogen-bond donors (Lipinski definition) is 1. The molecule has 0 aliphatic carbocycles. The summed E-state index contributed by atoms with van der Waals surface area (Å²) in [6, 6.07) is 9.41. The minimum absolute atomic E-state index is 0.660. The van der Waals surface area contributed by atoms with Crippen molar-refractivity contribution in [3.05, 3.63) is 39.4 Å². The van der Waals surface area contributed by atoms with Gasteiger partial charge in [0, 0.05) is 0 Å². The lowest BCUT2D eigenvalue weighted by Gasteiger charge is -2.25. The van der Waals surface area contributed by atoms with Gasteiger partial charge >= 0.3 is 0 Å². The van der Waals surface area contributed by atoms with E-state index in [4.69, 9.17) is 4.84 Å². The lowest BCUT2D eigenvalue weighted by Crippen LogP contribution is -2.38. The zero-order valence-electron chi connectivity index (χ0n) is 7.82. The predicted octanol–water partition coefficient (Wildman–Crippen LogP) is 3.47. The Labute approximate surface area is 118 Å². The van der Waals surface area contributed by atoms with E-state index in [0.29, 0.717) is 15.0 Å². The Hall–Kier alpha value is -0.530. The van der Waals surface area contributed by atoms with E-state index in [1.54, 1.807) is 0 Å². The maximum Gasteiger partial charge on any atom is 0.160 e. The van der Waals surface area contributed by atoms with Crippen LogP contribution in [0.15, 0.2) is 44.5 Å². The molecule has 0 fully saturated rings. The Morgan fingerprint density at radius 2 is 1.81 bits per heavy atom. The molecular formula is C9H6Br3N3O. The third-order valence-corrected chi connectivity index (χ3v) is 4.83. The summed E-state index contributed by atoms with van der Waals surface area (Å²) in [4.78, 5) is 5.55. The van der Waals surface area contributed by atoms with E-state index in [1.807, 2.05) is 30.3 Å². The summed E-state index contributed by atoms with van der Waals surface area (Å²) in [6.07, 6.45) is 0. The highest BCUT2D eigenvalue weighted by molar-refractivity contribution is 9.21. The van der Waals surface area contributed by atoms with Crippen LogP contribution in [-0.4, -0.2) is 9.79 Å². The molecule has 0 saturated heterocycles. The summed E-state index contributed by atoms with van der Waals surface area (Å²) in [5, 5.41) is 5.40. The SMILES string of the molecule is BrC1=NNN(Oc2ccccc2)C(Br)=C1Br. The topological polar surface area (TPSA) is 36.9 Å². The van der Waals surface area contributed by atoms with Crippen LogP contribution in [0, 0.1) is 0 Å². The summed E-state index contributed by atoms with van der Waals surface area (Å²) in [5.41, 5.74) is 2.71. The molecule has 0 saturated carbocycles. The summed E-state index contributed by atoms with van der Waals surface area (Å²) in [5.74, 6) is 0.709. The maximum absolute atomic E-state index is 5.55. The molecule has 0 amide bonds. The second-order valence-electron chi connectivity index (χ2n) is 2.81. The summed E-state index contributed by atoms with van der Waals surface area (Å²) in [6.45, 7) is 0. The normalized spacial score (nSPS) is 15.7. The third kappa shape index (κ3) is 2.58. The molecule has 0 atom stereocenters. The smallest absolute Gasteiger partial charge is 0.160 e. The average molecular weight is 412 g/mol. The lowest BCUT2D eigenvalue weighted by atomic mass is 10.3. The Morgan fingerprint density at radius 1 is 1.12 bits per heavy atom. The lowest BCUT2D eigenvalue weighted by molar-refractivity contribution is -0.0611. The first-order valence-corrected chi connectivity index (χ1v) is 6.64. The molecule has 1 aliphatic rings. The van der Waals surface area contributed by atoms with Gasteiger partial charge in [0.1, 0.15) is 4.62 Å². The molecule has 16 heavy (non-hydrogen) atoms. The number of halogens is 3. The van der Waals surface area contributed by atoms with Crippen molar-refractivity contribution < 1.29 is 4.84 Å². The van der Waals surface area contributed by atoms with Gasteiger partial charge in [-0.1, -0.05) is 23.4 Å². The molecule has 0 aromatic heterocycles. The van der Waals surface area contributed by atoms with Crippen LogP contribution in [0.1, 0.15) is 0 Å². The van der Waals surface area contributed by atoms with Crippen molar-refractivity contribution in [2.45, 2.75) is 0 Å². The maximum atomic E-state index is 5.55. The zero-order valence-corrected chi connectivity index (χ0v) is 12.6. The Morgan fingerprint density at radius 3 is 2.50 bits per heavy atom. The molecule has 0 unspecified atom stereocenters. The van der Waals surface area contributed by atoms with Crippen molar-refractivity contribution in [2.75, 3.05) is 0 Å². The number of nitrogens with zero attached hydrogens (tertiary/aromatic N) is 2. The van der Waals surface area contributed by atoms with Gasteiger partial charge in [0.25, 0.3) is 0 Å². The number of hydrazone groups is 1. The van der Waals surface area contributed by atoms with Crippen molar-refractivity contribution in [1.82, 2.24) is 10.7 Å².